The van der Waals surface area contributed by atoms with E-state index in [1.54, 1.807) is 18.3 Å². The minimum absolute atomic E-state index is 0.241. The molecule has 2 aromatic heterocycles. The van der Waals surface area contributed by atoms with Gasteiger partial charge in [0.15, 0.2) is 0 Å². The fourth-order valence-electron chi connectivity index (χ4n) is 2.01. The Balaban J connectivity index is 1.88. The topological polar surface area (TPSA) is 59.3 Å². The number of amides is 1. The van der Waals surface area contributed by atoms with Crippen LogP contribution >= 0.6 is 23.1 Å². The van der Waals surface area contributed by atoms with Crippen LogP contribution in [0.1, 0.15) is 10.4 Å². The van der Waals surface area contributed by atoms with Crippen LogP contribution in [0.2, 0.25) is 0 Å². The zero-order valence-electron chi connectivity index (χ0n) is 12.1. The Bertz CT molecular complexity index is 898. The van der Waals surface area contributed by atoms with E-state index in [1.165, 1.54) is 23.1 Å². The molecular weight excluding hydrogens is 316 g/mol. The molecule has 5 nitrogen and oxygen atoms in total. The predicted molar refractivity (Wildman–Crippen MR) is 89.8 cm³/mol. The summed E-state index contributed by atoms with van der Waals surface area (Å²) in [6, 6.07) is 11.5. The van der Waals surface area contributed by atoms with Gasteiger partial charge >= 0.3 is 0 Å². The van der Waals surface area contributed by atoms with E-state index in [1.807, 2.05) is 42.1 Å². The van der Waals surface area contributed by atoms with Crippen molar-refractivity contribution in [2.75, 3.05) is 6.26 Å². The maximum absolute atomic E-state index is 12.2. The number of benzene rings is 1. The Labute approximate surface area is 135 Å². The molecule has 0 spiro atoms. The average molecular weight is 330 g/mol. The number of pyridine rings is 1. The molecule has 0 saturated heterocycles. The number of carbonyl (C=O) groups is 1. The van der Waals surface area contributed by atoms with Gasteiger partial charge in [-0.3, -0.25) is 4.79 Å². The van der Waals surface area contributed by atoms with Gasteiger partial charge in [0.2, 0.25) is 4.80 Å². The summed E-state index contributed by atoms with van der Waals surface area (Å²) in [4.78, 5) is 17.1. The lowest BCUT2D eigenvalue weighted by Gasteiger charge is -2.01. The number of carbonyl (C=O) groups excluding carboxylic acids is 1. The van der Waals surface area contributed by atoms with Gasteiger partial charge in [-0.2, -0.15) is 0 Å². The molecule has 0 bridgehead atoms. The average Bonchev–Trinajstić information content (AvgIpc) is 2.89. The summed E-state index contributed by atoms with van der Waals surface area (Å²) in [6.07, 6.45) is 3.55. The second-order valence-electron chi connectivity index (χ2n) is 4.55. The zero-order valence-corrected chi connectivity index (χ0v) is 13.7. The van der Waals surface area contributed by atoms with E-state index in [-0.39, 0.29) is 5.91 Å². The van der Waals surface area contributed by atoms with E-state index in [0.717, 1.165) is 20.0 Å². The molecule has 0 unspecified atom stereocenters. The first-order valence-corrected chi connectivity index (χ1v) is 8.62. The fraction of sp³-hybridized carbons (Fsp3) is 0.133. The molecule has 0 aliphatic heterocycles. The van der Waals surface area contributed by atoms with Crippen LogP contribution in [0.25, 0.3) is 10.2 Å². The first kappa shape index (κ1) is 14.8. The van der Waals surface area contributed by atoms with E-state index >= 15 is 0 Å². The lowest BCUT2D eigenvalue weighted by Crippen LogP contribution is -2.23. The second-order valence-corrected chi connectivity index (χ2v) is 6.39. The van der Waals surface area contributed by atoms with Gasteiger partial charge in [0.05, 0.1) is 15.2 Å². The number of nitrogens with zero attached hydrogens (tertiary/aromatic N) is 3. The molecule has 1 amide bonds. The summed E-state index contributed by atoms with van der Waals surface area (Å²) in [7, 11) is 1.93. The lowest BCUT2D eigenvalue weighted by molar-refractivity contribution is 0.0952. The highest BCUT2D eigenvalue weighted by atomic mass is 32.2. The minimum Gasteiger partial charge on any atom is -0.318 e. The molecule has 0 fully saturated rings. The van der Waals surface area contributed by atoms with Crippen LogP contribution in [0.4, 0.5) is 0 Å². The van der Waals surface area contributed by atoms with Gasteiger partial charge in [-0.15, -0.1) is 16.9 Å². The van der Waals surface area contributed by atoms with Gasteiger partial charge < -0.3 is 4.57 Å². The zero-order chi connectivity index (χ0) is 15.5. The number of aromatic nitrogens is 2. The molecule has 0 aliphatic rings. The van der Waals surface area contributed by atoms with Crippen LogP contribution in [0.3, 0.4) is 0 Å². The second kappa shape index (κ2) is 6.33. The van der Waals surface area contributed by atoms with Crippen LogP contribution in [-0.4, -0.2) is 21.7 Å². The number of fused-ring (bicyclic) bond motifs is 1. The van der Waals surface area contributed by atoms with Crippen molar-refractivity contribution < 1.29 is 4.79 Å². The third-order valence-electron chi connectivity index (χ3n) is 3.17. The third-order valence-corrected chi connectivity index (χ3v) is 4.93. The number of thioether (sulfide) groups is 1. The lowest BCUT2D eigenvalue weighted by atomic mass is 10.2. The van der Waals surface area contributed by atoms with Crippen LogP contribution in [0, 0.1) is 0 Å². The van der Waals surface area contributed by atoms with E-state index < -0.39 is 0 Å². The van der Waals surface area contributed by atoms with E-state index in [4.69, 9.17) is 0 Å². The quantitative estimate of drug-likeness (QED) is 0.593. The van der Waals surface area contributed by atoms with Crippen molar-refractivity contribution in [3.05, 3.63) is 53.0 Å². The van der Waals surface area contributed by atoms with Crippen molar-refractivity contribution in [2.24, 2.45) is 12.1 Å². The summed E-state index contributed by atoms with van der Waals surface area (Å²) in [6.45, 7) is 0. The Hall–Kier alpha value is -2.12. The number of hydrogen-bond acceptors (Lipinski definition) is 5. The van der Waals surface area contributed by atoms with E-state index in [2.05, 4.69) is 15.5 Å². The van der Waals surface area contributed by atoms with Gasteiger partial charge in [0, 0.05) is 18.8 Å². The molecular formula is C15H14N4OS2. The standard InChI is InChI=1S/C15H14N4OS2/c1-19-11-5-3-4-6-12(11)22-15(19)18-17-14(20)10-7-8-16-13(9-10)21-2/h3-9H,1-2H3,(H,17,20)/b18-15+. The smallest absolute Gasteiger partial charge is 0.271 e. The summed E-state index contributed by atoms with van der Waals surface area (Å²) in [5, 5.41) is 5.04. The van der Waals surface area contributed by atoms with Gasteiger partial charge in [-0.25, -0.2) is 10.4 Å². The molecule has 2 heterocycles. The van der Waals surface area contributed by atoms with Gasteiger partial charge in [-0.05, 0) is 30.5 Å². The molecule has 1 aromatic carbocycles. The van der Waals surface area contributed by atoms with Crippen molar-refractivity contribution in [2.45, 2.75) is 5.03 Å². The van der Waals surface area contributed by atoms with Gasteiger partial charge in [0.25, 0.3) is 5.91 Å². The molecule has 3 aromatic rings. The van der Waals surface area contributed by atoms with Crippen LogP contribution < -0.4 is 10.2 Å². The SMILES string of the molecule is CSc1cc(C(=O)N/N=c2/sc3ccccc3n2C)ccn1. The molecule has 0 saturated carbocycles. The normalized spacial score (nSPS) is 11.8. The number of aryl methyl sites for hydroxylation is 1. The molecule has 0 atom stereocenters. The van der Waals surface area contributed by atoms with Gasteiger partial charge in [-0.1, -0.05) is 23.5 Å². The van der Waals surface area contributed by atoms with Crippen molar-refractivity contribution in [1.82, 2.24) is 15.0 Å². The Kier molecular flexibility index (Phi) is 4.26. The highest BCUT2D eigenvalue weighted by Crippen LogP contribution is 2.15. The Morgan fingerprint density at radius 1 is 1.36 bits per heavy atom. The summed E-state index contributed by atoms with van der Waals surface area (Å²) in [5.74, 6) is -0.241. The van der Waals surface area contributed by atoms with Crippen molar-refractivity contribution in [3.63, 3.8) is 0 Å². The fourth-order valence-corrected chi connectivity index (χ4v) is 3.40. The monoisotopic (exact) mass is 330 g/mol. The summed E-state index contributed by atoms with van der Waals surface area (Å²) < 4.78 is 3.09. The molecule has 7 heteroatoms. The number of thiazole rings is 1. The third kappa shape index (κ3) is 2.90. The van der Waals surface area contributed by atoms with E-state index in [0.29, 0.717) is 5.56 Å². The van der Waals surface area contributed by atoms with Crippen molar-refractivity contribution in [3.8, 4) is 0 Å². The highest BCUT2D eigenvalue weighted by Gasteiger charge is 2.06. The minimum atomic E-state index is -0.241. The predicted octanol–water partition coefficient (Wildman–Crippen LogP) is 2.60. The largest absolute Gasteiger partial charge is 0.318 e. The van der Waals surface area contributed by atoms with Crippen LogP contribution in [-0.2, 0) is 7.05 Å². The summed E-state index contributed by atoms with van der Waals surface area (Å²) in [5.41, 5.74) is 4.25. The molecule has 0 radical (unpaired) electrons. The highest BCUT2D eigenvalue weighted by molar-refractivity contribution is 7.98. The number of para-hydroxylation sites is 1. The number of hydrogen-bond donors (Lipinski definition) is 1. The molecule has 112 valence electrons. The maximum atomic E-state index is 12.2. The Morgan fingerprint density at radius 3 is 2.95 bits per heavy atom. The molecule has 0 aliphatic carbocycles. The van der Waals surface area contributed by atoms with Crippen molar-refractivity contribution in [1.29, 1.82) is 0 Å². The van der Waals surface area contributed by atoms with E-state index in [9.17, 15) is 4.79 Å². The number of rotatable bonds is 3. The molecule has 3 rings (SSSR count). The van der Waals surface area contributed by atoms with Crippen LogP contribution in [0.15, 0.2) is 52.7 Å². The first-order valence-electron chi connectivity index (χ1n) is 6.57. The van der Waals surface area contributed by atoms with Gasteiger partial charge in [0.1, 0.15) is 0 Å². The maximum Gasteiger partial charge on any atom is 0.271 e. The van der Waals surface area contributed by atoms with Crippen molar-refractivity contribution >= 4 is 39.2 Å². The summed E-state index contributed by atoms with van der Waals surface area (Å²) >= 11 is 3.03. The molecule has 1 N–H and O–H groups in total. The van der Waals surface area contributed by atoms with Crippen LogP contribution in [0.5, 0.6) is 0 Å². The molecule has 22 heavy (non-hydrogen) atoms. The Morgan fingerprint density at radius 2 is 2.18 bits per heavy atom. The first-order chi connectivity index (χ1) is 10.7. The number of nitrogens with one attached hydrogen (secondary N) is 1.